The quantitative estimate of drug-likeness (QED) is 0.670. The molecule has 8 heteroatoms. The zero-order valence-corrected chi connectivity index (χ0v) is 17.3. The lowest BCUT2D eigenvalue weighted by Crippen LogP contribution is -2.44. The minimum atomic E-state index is -0.504. The number of carbonyl (C=O) groups is 1. The Labute approximate surface area is 180 Å². The van der Waals surface area contributed by atoms with Gasteiger partial charge in [0, 0.05) is 31.6 Å². The molecule has 1 amide bonds. The summed E-state index contributed by atoms with van der Waals surface area (Å²) in [5.41, 5.74) is 7.31. The number of piperidine rings is 1. The van der Waals surface area contributed by atoms with E-state index < -0.39 is 5.91 Å². The second kappa shape index (κ2) is 8.11. The number of anilines is 1. The molecule has 160 valence electrons. The fraction of sp³-hybridized carbons (Fsp3) is 0.391. The number of benzene rings is 1. The number of para-hydroxylation sites is 1. The van der Waals surface area contributed by atoms with Crippen molar-refractivity contribution in [2.75, 3.05) is 31.1 Å². The van der Waals surface area contributed by atoms with Crippen LogP contribution in [-0.4, -0.2) is 58.0 Å². The van der Waals surface area contributed by atoms with Gasteiger partial charge in [0.15, 0.2) is 0 Å². The number of nitrogens with two attached hydrogens (primary N) is 1. The molecule has 1 atom stereocenters. The Kier molecular flexibility index (Phi) is 5.15. The molecule has 2 aliphatic rings. The first kappa shape index (κ1) is 19.7. The van der Waals surface area contributed by atoms with E-state index in [-0.39, 0.29) is 11.5 Å². The molecule has 2 aliphatic heterocycles. The SMILES string of the molecule is NC(=O)c1ccc(N2CCC(N3CCC(c4nc5ccccc5c(=O)[nH]4)C3)CC2)cn1. The van der Waals surface area contributed by atoms with Crippen molar-refractivity contribution < 1.29 is 4.79 Å². The number of fused-ring (bicyclic) bond motifs is 1. The van der Waals surface area contributed by atoms with Gasteiger partial charge in [0.1, 0.15) is 11.5 Å². The third kappa shape index (κ3) is 3.90. The van der Waals surface area contributed by atoms with E-state index in [0.29, 0.717) is 17.1 Å². The van der Waals surface area contributed by atoms with Crippen LogP contribution in [0.15, 0.2) is 47.4 Å². The maximum absolute atomic E-state index is 12.4. The first-order chi connectivity index (χ1) is 15.1. The monoisotopic (exact) mass is 418 g/mol. The lowest BCUT2D eigenvalue weighted by Gasteiger charge is -2.37. The number of aromatic nitrogens is 3. The molecular formula is C23H26N6O2. The number of H-pyrrole nitrogens is 1. The minimum absolute atomic E-state index is 0.0525. The first-order valence-corrected chi connectivity index (χ1v) is 10.8. The van der Waals surface area contributed by atoms with Crippen molar-refractivity contribution in [3.05, 3.63) is 64.5 Å². The van der Waals surface area contributed by atoms with Gasteiger partial charge in [-0.05, 0) is 50.1 Å². The van der Waals surface area contributed by atoms with Crippen LogP contribution in [0.25, 0.3) is 10.9 Å². The molecule has 31 heavy (non-hydrogen) atoms. The number of nitrogens with one attached hydrogen (secondary N) is 1. The van der Waals surface area contributed by atoms with Crippen LogP contribution < -0.4 is 16.2 Å². The second-order valence-corrected chi connectivity index (χ2v) is 8.43. The molecule has 3 aromatic rings. The molecule has 0 bridgehead atoms. The number of carbonyl (C=O) groups excluding carboxylic acids is 1. The largest absolute Gasteiger partial charge is 0.370 e. The van der Waals surface area contributed by atoms with E-state index in [1.54, 1.807) is 12.3 Å². The van der Waals surface area contributed by atoms with E-state index in [9.17, 15) is 9.59 Å². The Bertz CT molecular complexity index is 1150. The minimum Gasteiger partial charge on any atom is -0.370 e. The van der Waals surface area contributed by atoms with Crippen molar-refractivity contribution in [2.45, 2.75) is 31.2 Å². The van der Waals surface area contributed by atoms with E-state index >= 15 is 0 Å². The molecule has 2 saturated heterocycles. The molecule has 1 unspecified atom stereocenters. The van der Waals surface area contributed by atoms with Gasteiger partial charge < -0.3 is 15.6 Å². The van der Waals surface area contributed by atoms with E-state index in [0.717, 1.165) is 62.5 Å². The molecule has 2 fully saturated rings. The van der Waals surface area contributed by atoms with Crippen LogP contribution in [0.3, 0.4) is 0 Å². The Morgan fingerprint density at radius 3 is 2.61 bits per heavy atom. The highest BCUT2D eigenvalue weighted by Gasteiger charge is 2.32. The molecule has 3 N–H and O–H groups in total. The van der Waals surface area contributed by atoms with E-state index in [2.05, 4.69) is 19.8 Å². The Hall–Kier alpha value is -3.26. The molecular weight excluding hydrogens is 392 g/mol. The summed E-state index contributed by atoms with van der Waals surface area (Å²) in [5, 5.41) is 0.645. The topological polar surface area (TPSA) is 108 Å². The van der Waals surface area contributed by atoms with Gasteiger partial charge in [0.2, 0.25) is 0 Å². The summed E-state index contributed by atoms with van der Waals surface area (Å²) >= 11 is 0. The molecule has 2 aromatic heterocycles. The third-order valence-corrected chi connectivity index (χ3v) is 6.58. The molecule has 5 rings (SSSR count). The van der Waals surface area contributed by atoms with Crippen LogP contribution in [0.1, 0.15) is 41.5 Å². The lowest BCUT2D eigenvalue weighted by molar-refractivity contribution is 0.0995. The maximum Gasteiger partial charge on any atom is 0.267 e. The van der Waals surface area contributed by atoms with Crippen molar-refractivity contribution >= 4 is 22.5 Å². The molecule has 0 aliphatic carbocycles. The summed E-state index contributed by atoms with van der Waals surface area (Å²) < 4.78 is 0. The molecule has 1 aromatic carbocycles. The van der Waals surface area contributed by atoms with Crippen molar-refractivity contribution in [3.63, 3.8) is 0 Å². The van der Waals surface area contributed by atoms with Crippen LogP contribution in [0, 0.1) is 0 Å². The average molecular weight is 419 g/mol. The molecule has 4 heterocycles. The smallest absolute Gasteiger partial charge is 0.267 e. The number of nitrogens with zero attached hydrogens (tertiary/aromatic N) is 4. The second-order valence-electron chi connectivity index (χ2n) is 8.43. The molecule has 8 nitrogen and oxygen atoms in total. The zero-order chi connectivity index (χ0) is 21.4. The van der Waals surface area contributed by atoms with Gasteiger partial charge in [-0.3, -0.25) is 14.5 Å². The fourth-order valence-electron chi connectivity index (χ4n) is 4.85. The summed E-state index contributed by atoms with van der Waals surface area (Å²) in [4.78, 5) is 40.4. The summed E-state index contributed by atoms with van der Waals surface area (Å²) in [7, 11) is 0. The zero-order valence-electron chi connectivity index (χ0n) is 17.3. The van der Waals surface area contributed by atoms with Crippen molar-refractivity contribution in [1.82, 2.24) is 19.9 Å². The number of hydrogen-bond donors (Lipinski definition) is 2. The molecule has 0 spiro atoms. The number of amides is 1. The van der Waals surface area contributed by atoms with E-state index in [1.807, 2.05) is 30.3 Å². The Morgan fingerprint density at radius 1 is 1.06 bits per heavy atom. The number of hydrogen-bond acceptors (Lipinski definition) is 6. The van der Waals surface area contributed by atoms with E-state index in [4.69, 9.17) is 10.7 Å². The van der Waals surface area contributed by atoms with Gasteiger partial charge in [-0.1, -0.05) is 12.1 Å². The Morgan fingerprint density at radius 2 is 1.87 bits per heavy atom. The van der Waals surface area contributed by atoms with Gasteiger partial charge in [0.25, 0.3) is 11.5 Å². The number of pyridine rings is 1. The number of aromatic amines is 1. The summed E-state index contributed by atoms with van der Waals surface area (Å²) in [6, 6.07) is 11.6. The molecule has 0 radical (unpaired) electrons. The van der Waals surface area contributed by atoms with Gasteiger partial charge in [0.05, 0.1) is 22.8 Å². The summed E-state index contributed by atoms with van der Waals surface area (Å²) in [6.07, 6.45) is 4.89. The lowest BCUT2D eigenvalue weighted by atomic mass is 10.0. The van der Waals surface area contributed by atoms with Gasteiger partial charge in [-0.2, -0.15) is 0 Å². The van der Waals surface area contributed by atoms with Crippen LogP contribution in [0.4, 0.5) is 5.69 Å². The van der Waals surface area contributed by atoms with Crippen molar-refractivity contribution in [1.29, 1.82) is 0 Å². The predicted octanol–water partition coefficient (Wildman–Crippen LogP) is 1.88. The summed E-state index contributed by atoms with van der Waals surface area (Å²) in [6.45, 7) is 3.87. The highest BCUT2D eigenvalue weighted by atomic mass is 16.1. The highest BCUT2D eigenvalue weighted by Crippen LogP contribution is 2.30. The standard InChI is InChI=1S/C23H26N6O2/c24-21(30)20-6-5-17(13-25-20)28-11-8-16(9-12-28)29-10-7-15(14-29)22-26-19-4-2-1-3-18(19)23(31)27-22/h1-6,13,15-16H,7-12,14H2,(H2,24,30)(H,26,27,31). The van der Waals surface area contributed by atoms with Crippen LogP contribution in [0.2, 0.25) is 0 Å². The van der Waals surface area contributed by atoms with Crippen molar-refractivity contribution in [2.24, 2.45) is 5.73 Å². The number of primary amides is 1. The number of rotatable bonds is 4. The van der Waals surface area contributed by atoms with Crippen molar-refractivity contribution in [3.8, 4) is 0 Å². The van der Waals surface area contributed by atoms with Crippen LogP contribution in [-0.2, 0) is 0 Å². The first-order valence-electron chi connectivity index (χ1n) is 10.8. The normalized spacial score (nSPS) is 20.4. The van der Waals surface area contributed by atoms with Gasteiger partial charge >= 0.3 is 0 Å². The number of likely N-dealkylation sites (tertiary alicyclic amines) is 1. The average Bonchev–Trinajstić information content (AvgIpc) is 3.30. The highest BCUT2D eigenvalue weighted by molar-refractivity contribution is 5.90. The maximum atomic E-state index is 12.4. The third-order valence-electron chi connectivity index (χ3n) is 6.58. The van der Waals surface area contributed by atoms with Gasteiger partial charge in [-0.15, -0.1) is 0 Å². The van der Waals surface area contributed by atoms with E-state index in [1.165, 1.54) is 0 Å². The van der Waals surface area contributed by atoms with Crippen LogP contribution >= 0.6 is 0 Å². The van der Waals surface area contributed by atoms with Gasteiger partial charge in [-0.25, -0.2) is 9.97 Å². The Balaban J connectivity index is 1.21. The predicted molar refractivity (Wildman–Crippen MR) is 119 cm³/mol. The molecule has 0 saturated carbocycles. The fourth-order valence-corrected chi connectivity index (χ4v) is 4.85. The summed E-state index contributed by atoms with van der Waals surface area (Å²) in [5.74, 6) is 0.571. The van der Waals surface area contributed by atoms with Crippen LogP contribution in [0.5, 0.6) is 0 Å².